The SMILES string of the molecule is Cc1cccc(S(=O)(=O)NCc2ccc(CNC(=O)c3ccc(CNc4ncccn4)cc3)cc2)c1. The Kier molecular flexibility index (Phi) is 8.04. The van der Waals surface area contributed by atoms with E-state index in [9.17, 15) is 13.2 Å². The van der Waals surface area contributed by atoms with Crippen LogP contribution in [0.3, 0.4) is 0 Å². The number of benzene rings is 3. The maximum atomic E-state index is 12.5. The van der Waals surface area contributed by atoms with E-state index in [4.69, 9.17) is 0 Å². The van der Waals surface area contributed by atoms with Crippen LogP contribution in [-0.2, 0) is 29.7 Å². The summed E-state index contributed by atoms with van der Waals surface area (Å²) in [6, 6.07) is 23.3. The van der Waals surface area contributed by atoms with Gasteiger partial charge in [-0.3, -0.25) is 4.79 Å². The fourth-order valence-electron chi connectivity index (χ4n) is 3.45. The van der Waals surface area contributed by atoms with Crippen molar-refractivity contribution in [2.24, 2.45) is 0 Å². The number of nitrogens with zero attached hydrogens (tertiary/aromatic N) is 2. The summed E-state index contributed by atoms with van der Waals surface area (Å²) in [5.74, 6) is 0.380. The molecule has 9 heteroatoms. The Morgan fingerprint density at radius 2 is 1.39 bits per heavy atom. The molecule has 1 heterocycles. The molecule has 0 saturated carbocycles. The van der Waals surface area contributed by atoms with Crippen molar-refractivity contribution in [3.63, 3.8) is 0 Å². The molecular formula is C27H27N5O3S. The average molecular weight is 502 g/mol. The van der Waals surface area contributed by atoms with Gasteiger partial charge in [0, 0.05) is 37.6 Å². The van der Waals surface area contributed by atoms with Crippen molar-refractivity contribution in [1.82, 2.24) is 20.0 Å². The van der Waals surface area contributed by atoms with Crippen LogP contribution in [0.1, 0.15) is 32.6 Å². The summed E-state index contributed by atoms with van der Waals surface area (Å²) >= 11 is 0. The molecule has 1 aromatic heterocycles. The van der Waals surface area contributed by atoms with Crippen LogP contribution in [0, 0.1) is 6.92 Å². The highest BCUT2D eigenvalue weighted by Crippen LogP contribution is 2.12. The zero-order chi connectivity index (χ0) is 25.4. The molecule has 0 fully saturated rings. The molecule has 0 aliphatic rings. The normalized spacial score (nSPS) is 11.1. The second-order valence-electron chi connectivity index (χ2n) is 8.26. The van der Waals surface area contributed by atoms with Gasteiger partial charge in [0.25, 0.3) is 5.91 Å². The number of nitrogens with one attached hydrogen (secondary N) is 3. The highest BCUT2D eigenvalue weighted by Gasteiger charge is 2.13. The van der Waals surface area contributed by atoms with Gasteiger partial charge in [-0.15, -0.1) is 0 Å². The number of sulfonamides is 1. The number of aromatic nitrogens is 2. The van der Waals surface area contributed by atoms with Gasteiger partial charge in [-0.05, 0) is 59.5 Å². The summed E-state index contributed by atoms with van der Waals surface area (Å²) in [4.78, 5) is 21.0. The van der Waals surface area contributed by atoms with E-state index >= 15 is 0 Å². The maximum Gasteiger partial charge on any atom is 0.251 e. The minimum atomic E-state index is -3.58. The van der Waals surface area contributed by atoms with Gasteiger partial charge in [-0.25, -0.2) is 23.1 Å². The average Bonchev–Trinajstić information content (AvgIpc) is 2.91. The number of rotatable bonds is 10. The molecule has 4 rings (SSSR count). The Hall–Kier alpha value is -4.08. The first kappa shape index (κ1) is 25.0. The van der Waals surface area contributed by atoms with Gasteiger partial charge in [0.05, 0.1) is 4.90 Å². The van der Waals surface area contributed by atoms with E-state index in [0.29, 0.717) is 24.6 Å². The number of amides is 1. The molecule has 0 spiro atoms. The van der Waals surface area contributed by atoms with Crippen LogP contribution in [0.2, 0.25) is 0 Å². The molecule has 0 radical (unpaired) electrons. The van der Waals surface area contributed by atoms with Crippen molar-refractivity contribution in [2.45, 2.75) is 31.5 Å². The van der Waals surface area contributed by atoms with Gasteiger partial charge in [0.2, 0.25) is 16.0 Å². The third-order valence-electron chi connectivity index (χ3n) is 5.47. The lowest BCUT2D eigenvalue weighted by Crippen LogP contribution is -2.24. The first-order chi connectivity index (χ1) is 17.4. The smallest absolute Gasteiger partial charge is 0.251 e. The highest BCUT2D eigenvalue weighted by molar-refractivity contribution is 7.89. The van der Waals surface area contributed by atoms with Crippen LogP contribution in [0.5, 0.6) is 0 Å². The summed E-state index contributed by atoms with van der Waals surface area (Å²) in [6.07, 6.45) is 3.34. The zero-order valence-corrected chi connectivity index (χ0v) is 20.6. The Morgan fingerprint density at radius 1 is 0.778 bits per heavy atom. The van der Waals surface area contributed by atoms with E-state index < -0.39 is 10.0 Å². The van der Waals surface area contributed by atoms with Crippen LogP contribution >= 0.6 is 0 Å². The van der Waals surface area contributed by atoms with Crippen LogP contribution in [0.4, 0.5) is 5.95 Å². The summed E-state index contributed by atoms with van der Waals surface area (Å²) in [5, 5.41) is 6.04. The first-order valence-corrected chi connectivity index (χ1v) is 12.9. The lowest BCUT2D eigenvalue weighted by atomic mass is 10.1. The molecule has 36 heavy (non-hydrogen) atoms. The predicted octanol–water partition coefficient (Wildman–Crippen LogP) is 3.81. The third kappa shape index (κ3) is 6.97. The molecule has 0 unspecified atom stereocenters. The highest BCUT2D eigenvalue weighted by atomic mass is 32.2. The van der Waals surface area contributed by atoms with E-state index in [1.54, 1.807) is 48.8 Å². The van der Waals surface area contributed by atoms with E-state index in [1.165, 1.54) is 0 Å². The monoisotopic (exact) mass is 501 g/mol. The molecule has 0 bridgehead atoms. The first-order valence-electron chi connectivity index (χ1n) is 11.4. The van der Waals surface area contributed by atoms with Gasteiger partial charge in [-0.2, -0.15) is 0 Å². The fourth-order valence-corrected chi connectivity index (χ4v) is 4.57. The van der Waals surface area contributed by atoms with E-state index in [1.807, 2.05) is 49.4 Å². The molecule has 0 saturated heterocycles. The zero-order valence-electron chi connectivity index (χ0n) is 19.8. The van der Waals surface area contributed by atoms with Crippen LogP contribution in [0.25, 0.3) is 0 Å². The molecule has 184 valence electrons. The van der Waals surface area contributed by atoms with Crippen LogP contribution in [0.15, 0.2) is 96.2 Å². The summed E-state index contributed by atoms with van der Waals surface area (Å²) in [7, 11) is -3.58. The quantitative estimate of drug-likeness (QED) is 0.305. The van der Waals surface area contributed by atoms with Crippen LogP contribution in [-0.4, -0.2) is 24.3 Å². The van der Waals surface area contributed by atoms with Gasteiger partial charge in [0.1, 0.15) is 0 Å². The van der Waals surface area contributed by atoms with Crippen LogP contribution < -0.4 is 15.4 Å². The molecule has 0 atom stereocenters. The topological polar surface area (TPSA) is 113 Å². The molecular weight excluding hydrogens is 474 g/mol. The number of anilines is 1. The van der Waals surface area contributed by atoms with Gasteiger partial charge in [0.15, 0.2) is 0 Å². The summed E-state index contributed by atoms with van der Waals surface area (Å²) in [6.45, 7) is 2.95. The minimum Gasteiger partial charge on any atom is -0.350 e. The number of hydrogen-bond acceptors (Lipinski definition) is 6. The molecule has 8 nitrogen and oxygen atoms in total. The Bertz CT molecular complexity index is 1410. The molecule has 4 aromatic rings. The molecule has 0 aliphatic carbocycles. The Morgan fingerprint density at radius 3 is 2.06 bits per heavy atom. The van der Waals surface area contributed by atoms with E-state index in [2.05, 4.69) is 25.3 Å². The lowest BCUT2D eigenvalue weighted by molar-refractivity contribution is 0.0951. The van der Waals surface area contributed by atoms with Crippen molar-refractivity contribution >= 4 is 21.9 Å². The lowest BCUT2D eigenvalue weighted by Gasteiger charge is -2.09. The largest absolute Gasteiger partial charge is 0.350 e. The molecule has 1 amide bonds. The maximum absolute atomic E-state index is 12.5. The number of aryl methyl sites for hydroxylation is 1. The standard InChI is InChI=1S/C27H27N5O3S/c1-20-4-2-5-25(16-20)36(34,35)32-19-23-8-6-21(7-9-23)17-30-26(33)24-12-10-22(11-13-24)18-31-27-28-14-3-15-29-27/h2-16,32H,17-19H2,1H3,(H,30,33)(H,28,29,31). The molecule has 3 aromatic carbocycles. The van der Waals surface area contributed by atoms with Crippen molar-refractivity contribution in [3.05, 3.63) is 119 Å². The van der Waals surface area contributed by atoms with Gasteiger partial charge in [-0.1, -0.05) is 48.5 Å². The predicted molar refractivity (Wildman–Crippen MR) is 139 cm³/mol. The second-order valence-corrected chi connectivity index (χ2v) is 10.0. The Balaban J connectivity index is 1.25. The van der Waals surface area contributed by atoms with E-state index in [-0.39, 0.29) is 17.3 Å². The minimum absolute atomic E-state index is 0.170. The van der Waals surface area contributed by atoms with Gasteiger partial charge < -0.3 is 10.6 Å². The van der Waals surface area contributed by atoms with Gasteiger partial charge >= 0.3 is 0 Å². The van der Waals surface area contributed by atoms with E-state index in [0.717, 1.165) is 22.3 Å². The number of hydrogen-bond donors (Lipinski definition) is 3. The number of carbonyl (C=O) groups excluding carboxylic acids is 1. The summed E-state index contributed by atoms with van der Waals surface area (Å²) < 4.78 is 27.6. The Labute approximate surface area is 210 Å². The number of carbonyl (C=O) groups is 1. The molecule has 0 aliphatic heterocycles. The summed E-state index contributed by atoms with van der Waals surface area (Å²) in [5.41, 5.74) is 4.20. The van der Waals surface area contributed by atoms with Crippen molar-refractivity contribution in [3.8, 4) is 0 Å². The van der Waals surface area contributed by atoms with Crippen molar-refractivity contribution in [1.29, 1.82) is 0 Å². The van der Waals surface area contributed by atoms with Crippen molar-refractivity contribution in [2.75, 3.05) is 5.32 Å². The third-order valence-corrected chi connectivity index (χ3v) is 6.87. The molecule has 3 N–H and O–H groups in total. The fraction of sp³-hybridized carbons (Fsp3) is 0.148. The van der Waals surface area contributed by atoms with Crippen molar-refractivity contribution < 1.29 is 13.2 Å². The second kappa shape index (κ2) is 11.6.